The molecule has 0 N–H and O–H groups in total. The van der Waals surface area contributed by atoms with Gasteiger partial charge in [-0.25, -0.2) is 0 Å². The number of nitrogens with zero attached hydrogens (tertiary/aromatic N) is 1. The van der Waals surface area contributed by atoms with Gasteiger partial charge >= 0.3 is 0 Å². The molecule has 0 amide bonds. The summed E-state index contributed by atoms with van der Waals surface area (Å²) in [6, 6.07) is 22.2. The Morgan fingerprint density at radius 3 is 2.04 bits per heavy atom. The Morgan fingerprint density at radius 2 is 1.32 bits per heavy atom. The Balaban J connectivity index is 1.71. The summed E-state index contributed by atoms with van der Waals surface area (Å²) in [7, 11) is 2.00. The van der Waals surface area contributed by atoms with Gasteiger partial charge in [-0.15, -0.1) is 0 Å². The highest BCUT2D eigenvalue weighted by Gasteiger charge is 2.06. The molecule has 1 nitrogen and oxygen atoms in total. The SMILES string of the molecule is [2H]c1c([2H])c(-c2ccc(N(C)c3ccc4ccccc4c3)cc2)c([2H])c([2H])c1C. The maximum atomic E-state index is 8.26. The Morgan fingerprint density at radius 1 is 0.680 bits per heavy atom. The first-order chi connectivity index (χ1) is 13.9. The summed E-state index contributed by atoms with van der Waals surface area (Å²) in [4.78, 5) is 2.08. The molecule has 0 heterocycles. The van der Waals surface area contributed by atoms with Crippen LogP contribution in [0.25, 0.3) is 21.9 Å². The molecule has 4 aromatic rings. The van der Waals surface area contributed by atoms with Gasteiger partial charge in [0.2, 0.25) is 0 Å². The van der Waals surface area contributed by atoms with Gasteiger partial charge in [0.05, 0.1) is 5.48 Å². The molecule has 1 heteroatoms. The quantitative estimate of drug-likeness (QED) is 0.410. The van der Waals surface area contributed by atoms with Gasteiger partial charge < -0.3 is 4.90 Å². The zero-order valence-corrected chi connectivity index (χ0v) is 14.3. The molecule has 0 fully saturated rings. The third kappa shape index (κ3) is 3.14. The fourth-order valence-electron chi connectivity index (χ4n) is 2.91. The van der Waals surface area contributed by atoms with Crippen LogP contribution in [0.2, 0.25) is 0 Å². The topological polar surface area (TPSA) is 3.24 Å². The summed E-state index contributed by atoms with van der Waals surface area (Å²) >= 11 is 0. The molecule has 0 aromatic heterocycles. The minimum Gasteiger partial charge on any atom is -0.345 e. The van der Waals surface area contributed by atoms with E-state index in [1.165, 1.54) is 10.8 Å². The van der Waals surface area contributed by atoms with E-state index in [9.17, 15) is 0 Å². The van der Waals surface area contributed by atoms with Gasteiger partial charge in [-0.05, 0) is 53.1 Å². The Bertz CT molecular complexity index is 1190. The van der Waals surface area contributed by atoms with Crippen molar-refractivity contribution in [2.24, 2.45) is 0 Å². The molecule has 25 heavy (non-hydrogen) atoms. The normalized spacial score (nSPS) is 13.0. The molecule has 0 saturated heterocycles. The van der Waals surface area contributed by atoms with Gasteiger partial charge in [-0.3, -0.25) is 0 Å². The Labute approximate surface area is 154 Å². The van der Waals surface area contributed by atoms with Crippen LogP contribution in [0.15, 0.2) is 90.9 Å². The molecule has 0 bridgehead atoms. The van der Waals surface area contributed by atoms with Crippen LogP contribution in [0.1, 0.15) is 11.0 Å². The van der Waals surface area contributed by atoms with Crippen molar-refractivity contribution in [2.75, 3.05) is 11.9 Å². The van der Waals surface area contributed by atoms with E-state index in [-0.39, 0.29) is 24.2 Å². The van der Waals surface area contributed by atoms with Gasteiger partial charge in [0.25, 0.3) is 0 Å². The lowest BCUT2D eigenvalue weighted by molar-refractivity contribution is 1.21. The van der Waals surface area contributed by atoms with Gasteiger partial charge in [-0.1, -0.05) is 72.2 Å². The highest BCUT2D eigenvalue weighted by molar-refractivity contribution is 5.87. The van der Waals surface area contributed by atoms with E-state index in [0.29, 0.717) is 16.7 Å². The first-order valence-electron chi connectivity index (χ1n) is 10.3. The summed E-state index contributed by atoms with van der Waals surface area (Å²) in [5, 5.41) is 2.37. The van der Waals surface area contributed by atoms with E-state index < -0.39 is 0 Å². The fourth-order valence-corrected chi connectivity index (χ4v) is 2.91. The first kappa shape index (κ1) is 11.5. The molecule has 0 aliphatic carbocycles. The lowest BCUT2D eigenvalue weighted by Gasteiger charge is -2.20. The van der Waals surface area contributed by atoms with E-state index in [2.05, 4.69) is 35.2 Å². The molecule has 4 rings (SSSR count). The van der Waals surface area contributed by atoms with Crippen molar-refractivity contribution in [2.45, 2.75) is 6.92 Å². The van der Waals surface area contributed by atoms with Crippen molar-refractivity contribution in [3.05, 3.63) is 96.5 Å². The second-order valence-corrected chi connectivity index (χ2v) is 6.14. The molecule has 0 atom stereocenters. The lowest BCUT2D eigenvalue weighted by Crippen LogP contribution is -2.09. The largest absolute Gasteiger partial charge is 0.345 e. The van der Waals surface area contributed by atoms with Crippen LogP contribution in [-0.4, -0.2) is 7.05 Å². The zero-order chi connectivity index (χ0) is 20.7. The average molecular weight is 327 g/mol. The van der Waals surface area contributed by atoms with Crippen LogP contribution in [0.5, 0.6) is 0 Å². The van der Waals surface area contributed by atoms with Crippen molar-refractivity contribution in [1.82, 2.24) is 0 Å². The second-order valence-electron chi connectivity index (χ2n) is 6.14. The molecule has 0 unspecified atom stereocenters. The van der Waals surface area contributed by atoms with Gasteiger partial charge in [0, 0.05) is 18.4 Å². The highest BCUT2D eigenvalue weighted by atomic mass is 15.1. The molecular weight excluding hydrogens is 302 g/mol. The van der Waals surface area contributed by atoms with Crippen molar-refractivity contribution in [3.8, 4) is 11.1 Å². The zero-order valence-electron chi connectivity index (χ0n) is 18.3. The molecule has 0 aliphatic rings. The molecule has 122 valence electrons. The monoisotopic (exact) mass is 327 g/mol. The molecule has 0 aliphatic heterocycles. The van der Waals surface area contributed by atoms with E-state index in [4.69, 9.17) is 5.48 Å². The Hall–Kier alpha value is -3.06. The second kappa shape index (κ2) is 6.45. The fraction of sp³-hybridized carbons (Fsp3) is 0.0833. The number of hydrogen-bond acceptors (Lipinski definition) is 1. The minimum atomic E-state index is -0.000802. The third-order valence-electron chi connectivity index (χ3n) is 4.41. The number of anilines is 2. The van der Waals surface area contributed by atoms with Crippen LogP contribution in [-0.2, 0) is 0 Å². The summed E-state index contributed by atoms with van der Waals surface area (Å²) < 4.78 is 32.6. The van der Waals surface area contributed by atoms with Crippen molar-refractivity contribution in [3.63, 3.8) is 0 Å². The maximum absolute atomic E-state index is 8.26. The van der Waals surface area contributed by atoms with Crippen LogP contribution in [0.4, 0.5) is 11.4 Å². The predicted octanol–water partition coefficient (Wildman–Crippen LogP) is 6.58. The lowest BCUT2D eigenvalue weighted by atomic mass is 10.0. The van der Waals surface area contributed by atoms with E-state index in [1.54, 1.807) is 6.92 Å². The molecular formula is C24H21N. The van der Waals surface area contributed by atoms with Crippen LogP contribution in [0.3, 0.4) is 0 Å². The van der Waals surface area contributed by atoms with E-state index in [1.807, 2.05) is 43.4 Å². The van der Waals surface area contributed by atoms with Crippen molar-refractivity contribution >= 4 is 22.1 Å². The summed E-state index contributed by atoms with van der Waals surface area (Å²) in [6.45, 7) is 1.62. The summed E-state index contributed by atoms with van der Waals surface area (Å²) in [5.74, 6) is 0. The highest BCUT2D eigenvalue weighted by Crippen LogP contribution is 2.29. The smallest absolute Gasteiger partial charge is 0.0629 e. The molecule has 0 radical (unpaired) electrons. The molecule has 0 saturated carbocycles. The van der Waals surface area contributed by atoms with E-state index >= 15 is 0 Å². The molecule has 4 aromatic carbocycles. The van der Waals surface area contributed by atoms with Crippen LogP contribution < -0.4 is 4.90 Å². The Kier molecular flexibility index (Phi) is 2.96. The number of benzene rings is 4. The van der Waals surface area contributed by atoms with Crippen LogP contribution >= 0.6 is 0 Å². The first-order valence-corrected chi connectivity index (χ1v) is 8.28. The number of hydrogen-bond donors (Lipinski definition) is 0. The van der Waals surface area contributed by atoms with Gasteiger partial charge in [0.15, 0.2) is 0 Å². The minimum absolute atomic E-state index is 0.000802. The summed E-state index contributed by atoms with van der Waals surface area (Å²) in [6.07, 6.45) is 0. The number of rotatable bonds is 3. The van der Waals surface area contributed by atoms with Gasteiger partial charge in [0.1, 0.15) is 0 Å². The summed E-state index contributed by atoms with van der Waals surface area (Å²) in [5.41, 5.74) is 3.43. The van der Waals surface area contributed by atoms with Crippen LogP contribution in [0, 0.1) is 6.92 Å². The molecule has 0 spiro atoms. The number of fused-ring (bicyclic) bond motifs is 1. The van der Waals surface area contributed by atoms with E-state index in [0.717, 1.165) is 11.4 Å². The third-order valence-corrected chi connectivity index (χ3v) is 4.41. The standard InChI is InChI=1S/C24H21N/c1-18-7-9-20(10-8-18)21-11-14-23(15-12-21)25(2)24-16-13-19-5-3-4-6-22(19)17-24/h3-17H,1-2H3/i7D,8D,9D,10D. The van der Waals surface area contributed by atoms with Crippen molar-refractivity contribution < 1.29 is 5.48 Å². The maximum Gasteiger partial charge on any atom is 0.0629 e. The van der Waals surface area contributed by atoms with Crippen molar-refractivity contribution in [1.29, 1.82) is 0 Å². The predicted molar refractivity (Wildman–Crippen MR) is 109 cm³/mol. The average Bonchev–Trinajstić information content (AvgIpc) is 2.76. The van der Waals surface area contributed by atoms with Gasteiger partial charge in [-0.2, -0.15) is 0 Å².